The number of fused-ring (bicyclic) bond motifs is 1. The van der Waals surface area contributed by atoms with Gasteiger partial charge in [-0.1, -0.05) is 12.2 Å². The number of allylic oxidation sites excluding steroid dienone is 2. The van der Waals surface area contributed by atoms with Gasteiger partial charge in [-0.25, -0.2) is 0 Å². The number of rotatable bonds is 1. The Morgan fingerprint density at radius 2 is 2.60 bits per heavy atom. The minimum absolute atomic E-state index is 0.221. The van der Waals surface area contributed by atoms with Crippen molar-refractivity contribution in [2.45, 2.75) is 12.8 Å². The van der Waals surface area contributed by atoms with Gasteiger partial charge in [0.05, 0.1) is 5.41 Å². The molecule has 0 N–H and O–H groups in total. The smallest absolute Gasteiger partial charge is 0.144 e. The summed E-state index contributed by atoms with van der Waals surface area (Å²) in [6.07, 6.45) is 5.82. The quantitative estimate of drug-likeness (QED) is 0.418. The van der Waals surface area contributed by atoms with Crippen molar-refractivity contribution in [3.63, 3.8) is 0 Å². The summed E-state index contributed by atoms with van der Waals surface area (Å²) in [4.78, 5) is 11.3. The Bertz CT molecular complexity index is 209. The van der Waals surface area contributed by atoms with E-state index < -0.39 is 0 Å². The molecule has 0 aliphatic heterocycles. The van der Waals surface area contributed by atoms with Gasteiger partial charge < -0.3 is 0 Å². The number of carbonyl (C=O) groups excluding carboxylic acids is 1. The molecular formula is C8H9ClO. The lowest BCUT2D eigenvalue weighted by Crippen LogP contribution is -2.37. The van der Waals surface area contributed by atoms with Gasteiger partial charge in [-0.3, -0.25) is 4.79 Å². The van der Waals surface area contributed by atoms with Crippen molar-refractivity contribution >= 4 is 17.4 Å². The van der Waals surface area contributed by atoms with Crippen LogP contribution in [0.4, 0.5) is 0 Å². The molecule has 0 aromatic carbocycles. The first-order valence-corrected chi connectivity index (χ1v) is 4.12. The third-order valence-corrected chi connectivity index (χ3v) is 3.15. The molecule has 2 heteroatoms. The number of ketones is 1. The number of carbonyl (C=O) groups is 1. The van der Waals surface area contributed by atoms with E-state index >= 15 is 0 Å². The van der Waals surface area contributed by atoms with Crippen molar-refractivity contribution in [2.75, 3.05) is 5.88 Å². The molecule has 0 radical (unpaired) electrons. The van der Waals surface area contributed by atoms with Gasteiger partial charge in [-0.2, -0.15) is 0 Å². The summed E-state index contributed by atoms with van der Waals surface area (Å²) < 4.78 is 0. The van der Waals surface area contributed by atoms with Gasteiger partial charge >= 0.3 is 0 Å². The zero-order chi connectivity index (χ0) is 7.19. The molecule has 0 aromatic heterocycles. The van der Waals surface area contributed by atoms with E-state index in [4.69, 9.17) is 11.6 Å². The normalized spacial score (nSPS) is 43.3. The van der Waals surface area contributed by atoms with Crippen LogP contribution in [-0.4, -0.2) is 11.7 Å². The molecule has 0 heterocycles. The minimum atomic E-state index is -0.221. The van der Waals surface area contributed by atoms with Gasteiger partial charge in [0.1, 0.15) is 5.78 Å². The van der Waals surface area contributed by atoms with Crippen molar-refractivity contribution in [3.05, 3.63) is 12.2 Å². The lowest BCUT2D eigenvalue weighted by atomic mass is 9.70. The highest BCUT2D eigenvalue weighted by Gasteiger charge is 2.50. The number of hydrogen-bond acceptors (Lipinski definition) is 1. The lowest BCUT2D eigenvalue weighted by Gasteiger charge is -2.34. The highest BCUT2D eigenvalue weighted by molar-refractivity contribution is 6.20. The molecule has 0 saturated heterocycles. The monoisotopic (exact) mass is 156 g/mol. The highest BCUT2D eigenvalue weighted by atomic mass is 35.5. The number of hydrogen-bond donors (Lipinski definition) is 0. The average Bonchev–Trinajstić information content (AvgIpc) is 2.06. The molecule has 0 bridgehead atoms. The summed E-state index contributed by atoms with van der Waals surface area (Å²) in [5, 5.41) is 0. The number of Topliss-reactive ketones (excluding diaryl/α,β-unsaturated/α-hetero) is 1. The van der Waals surface area contributed by atoms with E-state index in [1.807, 2.05) is 6.08 Å². The van der Waals surface area contributed by atoms with Crippen LogP contribution in [0, 0.1) is 11.3 Å². The lowest BCUT2D eigenvalue weighted by molar-refractivity contribution is -0.124. The van der Waals surface area contributed by atoms with Crippen molar-refractivity contribution in [1.29, 1.82) is 0 Å². The first-order valence-electron chi connectivity index (χ1n) is 3.58. The fraction of sp³-hybridized carbons (Fsp3) is 0.625. The molecule has 0 spiro atoms. The summed E-state index contributed by atoms with van der Waals surface area (Å²) in [5.74, 6) is 1.29. The van der Waals surface area contributed by atoms with E-state index in [0.717, 1.165) is 12.8 Å². The summed E-state index contributed by atoms with van der Waals surface area (Å²) in [6.45, 7) is 0. The standard InChI is InChI=1S/C8H9ClO/c9-5-8-4-3-6(8)1-2-7(8)10/h3-4,6H,1-2,5H2/t6-,8-/m0/s1. The third-order valence-electron chi connectivity index (χ3n) is 2.71. The van der Waals surface area contributed by atoms with E-state index in [2.05, 4.69) is 6.08 Å². The summed E-state index contributed by atoms with van der Waals surface area (Å²) >= 11 is 5.72. The number of alkyl halides is 1. The van der Waals surface area contributed by atoms with Gasteiger partial charge in [0.25, 0.3) is 0 Å². The summed E-state index contributed by atoms with van der Waals surface area (Å²) in [5.41, 5.74) is -0.221. The second-order valence-corrected chi connectivity index (χ2v) is 3.37. The van der Waals surface area contributed by atoms with Crippen LogP contribution in [0.25, 0.3) is 0 Å². The van der Waals surface area contributed by atoms with E-state index in [-0.39, 0.29) is 5.41 Å². The SMILES string of the molecule is O=C1CC[C@H]2C=C[C@@]12CCl. The van der Waals surface area contributed by atoms with Gasteiger partial charge in [0.15, 0.2) is 0 Å². The Morgan fingerprint density at radius 3 is 2.90 bits per heavy atom. The minimum Gasteiger partial charge on any atom is -0.299 e. The van der Waals surface area contributed by atoms with Crippen LogP contribution in [0.15, 0.2) is 12.2 Å². The molecule has 0 unspecified atom stereocenters. The van der Waals surface area contributed by atoms with Crippen LogP contribution in [0.3, 0.4) is 0 Å². The molecule has 1 saturated carbocycles. The molecule has 2 atom stereocenters. The van der Waals surface area contributed by atoms with Gasteiger partial charge in [0.2, 0.25) is 0 Å². The highest BCUT2D eigenvalue weighted by Crippen LogP contribution is 2.49. The average molecular weight is 157 g/mol. The fourth-order valence-corrected chi connectivity index (χ4v) is 2.29. The van der Waals surface area contributed by atoms with Crippen molar-refractivity contribution in [3.8, 4) is 0 Å². The van der Waals surface area contributed by atoms with Gasteiger partial charge in [-0.15, -0.1) is 11.6 Å². The second kappa shape index (κ2) is 1.85. The molecule has 0 aromatic rings. The van der Waals surface area contributed by atoms with Gasteiger partial charge in [-0.05, 0) is 12.3 Å². The van der Waals surface area contributed by atoms with E-state index in [9.17, 15) is 4.79 Å². The van der Waals surface area contributed by atoms with Gasteiger partial charge in [0, 0.05) is 12.3 Å². The van der Waals surface area contributed by atoms with Crippen LogP contribution in [0.5, 0.6) is 0 Å². The topological polar surface area (TPSA) is 17.1 Å². The molecule has 2 aliphatic carbocycles. The second-order valence-electron chi connectivity index (χ2n) is 3.10. The summed E-state index contributed by atoms with van der Waals surface area (Å²) in [7, 11) is 0. The molecule has 10 heavy (non-hydrogen) atoms. The van der Waals surface area contributed by atoms with Crippen LogP contribution in [-0.2, 0) is 4.79 Å². The molecule has 1 fully saturated rings. The Labute approximate surface area is 65.1 Å². The zero-order valence-electron chi connectivity index (χ0n) is 5.64. The van der Waals surface area contributed by atoms with Crippen molar-refractivity contribution < 1.29 is 4.79 Å². The molecule has 2 rings (SSSR count). The Balaban J connectivity index is 2.34. The number of halogens is 1. The van der Waals surface area contributed by atoms with E-state index in [0.29, 0.717) is 17.6 Å². The maximum atomic E-state index is 11.3. The molecular weight excluding hydrogens is 148 g/mol. The predicted molar refractivity (Wildman–Crippen MR) is 40.0 cm³/mol. The maximum Gasteiger partial charge on any atom is 0.144 e. The molecule has 2 aliphatic rings. The van der Waals surface area contributed by atoms with Crippen LogP contribution in [0.1, 0.15) is 12.8 Å². The molecule has 54 valence electrons. The Morgan fingerprint density at radius 1 is 1.80 bits per heavy atom. The predicted octanol–water partition coefficient (Wildman–Crippen LogP) is 1.76. The van der Waals surface area contributed by atoms with E-state index in [1.54, 1.807) is 0 Å². The third kappa shape index (κ3) is 0.523. The van der Waals surface area contributed by atoms with Crippen LogP contribution in [0.2, 0.25) is 0 Å². The van der Waals surface area contributed by atoms with Crippen LogP contribution >= 0.6 is 11.6 Å². The first kappa shape index (κ1) is 6.41. The Kier molecular flexibility index (Phi) is 1.19. The largest absolute Gasteiger partial charge is 0.299 e. The molecule has 0 amide bonds. The molecule has 1 nitrogen and oxygen atoms in total. The fourth-order valence-electron chi connectivity index (χ4n) is 1.86. The first-order chi connectivity index (χ1) is 4.79. The zero-order valence-corrected chi connectivity index (χ0v) is 6.40. The summed E-state index contributed by atoms with van der Waals surface area (Å²) in [6, 6.07) is 0. The van der Waals surface area contributed by atoms with E-state index in [1.165, 1.54) is 0 Å². The van der Waals surface area contributed by atoms with Crippen LogP contribution < -0.4 is 0 Å². The van der Waals surface area contributed by atoms with Crippen molar-refractivity contribution in [2.24, 2.45) is 11.3 Å². The Hall–Kier alpha value is -0.300. The maximum absolute atomic E-state index is 11.3. The van der Waals surface area contributed by atoms with Crippen molar-refractivity contribution in [1.82, 2.24) is 0 Å².